The van der Waals surface area contributed by atoms with E-state index in [0.717, 1.165) is 47.0 Å². The minimum Gasteiger partial charge on any atom is -0.369 e. The largest absolute Gasteiger partial charge is 0.369 e. The van der Waals surface area contributed by atoms with Crippen LogP contribution in [0.5, 0.6) is 0 Å². The van der Waals surface area contributed by atoms with Crippen molar-refractivity contribution in [1.29, 1.82) is 0 Å². The van der Waals surface area contributed by atoms with Gasteiger partial charge < -0.3 is 10.6 Å². The molecule has 0 saturated carbocycles. The number of primary amides is 1. The van der Waals surface area contributed by atoms with E-state index in [4.69, 9.17) is 15.7 Å². The number of aryl methyl sites for hydroxylation is 2. The SMILES string of the molecule is Cc1sc2nc(CSc3ccccc3)nc(N3CCC[C@H](C(N)=O)C3)c2c1C. The van der Waals surface area contributed by atoms with Gasteiger partial charge in [0.25, 0.3) is 0 Å². The number of carbonyl (C=O) groups is 1. The summed E-state index contributed by atoms with van der Waals surface area (Å²) >= 11 is 3.46. The quantitative estimate of drug-likeness (QED) is 0.633. The minimum absolute atomic E-state index is 0.110. The van der Waals surface area contributed by atoms with E-state index in [1.807, 2.05) is 18.2 Å². The molecule has 146 valence electrons. The monoisotopic (exact) mass is 412 g/mol. The van der Waals surface area contributed by atoms with Crippen molar-refractivity contribution < 1.29 is 4.79 Å². The van der Waals surface area contributed by atoms with Crippen molar-refractivity contribution >= 4 is 45.0 Å². The van der Waals surface area contributed by atoms with Gasteiger partial charge in [-0.2, -0.15) is 0 Å². The lowest BCUT2D eigenvalue weighted by molar-refractivity contribution is -0.122. The van der Waals surface area contributed by atoms with Gasteiger partial charge >= 0.3 is 0 Å². The van der Waals surface area contributed by atoms with E-state index in [-0.39, 0.29) is 11.8 Å². The topological polar surface area (TPSA) is 72.1 Å². The second-order valence-corrected chi connectivity index (χ2v) is 9.47. The Labute approximate surface area is 173 Å². The lowest BCUT2D eigenvalue weighted by Crippen LogP contribution is -2.41. The smallest absolute Gasteiger partial charge is 0.222 e. The number of fused-ring (bicyclic) bond motifs is 1. The fourth-order valence-corrected chi connectivity index (χ4v) is 5.45. The molecule has 0 spiro atoms. The molecule has 0 aliphatic carbocycles. The molecule has 3 aromatic rings. The van der Waals surface area contributed by atoms with Gasteiger partial charge in [-0.25, -0.2) is 9.97 Å². The van der Waals surface area contributed by atoms with Crippen LogP contribution in [0.15, 0.2) is 35.2 Å². The first-order valence-corrected chi connectivity index (χ1v) is 11.3. The number of thiophene rings is 1. The highest BCUT2D eigenvalue weighted by Crippen LogP contribution is 2.37. The summed E-state index contributed by atoms with van der Waals surface area (Å²) in [5.74, 6) is 2.19. The van der Waals surface area contributed by atoms with E-state index in [1.54, 1.807) is 23.1 Å². The predicted octanol–water partition coefficient (Wildman–Crippen LogP) is 4.30. The summed E-state index contributed by atoms with van der Waals surface area (Å²) in [6.07, 6.45) is 1.81. The third-order valence-electron chi connectivity index (χ3n) is 5.29. The second kappa shape index (κ2) is 8.09. The number of benzene rings is 1. The Balaban J connectivity index is 1.70. The van der Waals surface area contributed by atoms with Crippen molar-refractivity contribution in [2.75, 3.05) is 18.0 Å². The van der Waals surface area contributed by atoms with Crippen LogP contribution >= 0.6 is 23.1 Å². The third kappa shape index (κ3) is 3.86. The van der Waals surface area contributed by atoms with Crippen molar-refractivity contribution in [3.63, 3.8) is 0 Å². The van der Waals surface area contributed by atoms with Gasteiger partial charge in [-0.1, -0.05) is 18.2 Å². The Morgan fingerprint density at radius 1 is 1.29 bits per heavy atom. The molecule has 0 radical (unpaired) electrons. The summed E-state index contributed by atoms with van der Waals surface area (Å²) in [7, 11) is 0. The Morgan fingerprint density at radius 2 is 2.07 bits per heavy atom. The average Bonchev–Trinajstić information content (AvgIpc) is 3.00. The summed E-state index contributed by atoms with van der Waals surface area (Å²) in [5.41, 5.74) is 6.83. The molecule has 4 rings (SSSR count). The van der Waals surface area contributed by atoms with Crippen LogP contribution < -0.4 is 10.6 Å². The molecule has 0 unspecified atom stereocenters. The minimum atomic E-state index is -0.215. The van der Waals surface area contributed by atoms with Crippen molar-refractivity contribution in [3.8, 4) is 0 Å². The van der Waals surface area contributed by atoms with E-state index in [0.29, 0.717) is 6.54 Å². The molecule has 2 aromatic heterocycles. The van der Waals surface area contributed by atoms with Crippen LogP contribution in [0.3, 0.4) is 0 Å². The number of piperidine rings is 1. The highest BCUT2D eigenvalue weighted by Gasteiger charge is 2.27. The summed E-state index contributed by atoms with van der Waals surface area (Å²) < 4.78 is 0. The summed E-state index contributed by atoms with van der Waals surface area (Å²) in [4.78, 5) is 27.3. The van der Waals surface area contributed by atoms with Crippen LogP contribution in [0.4, 0.5) is 5.82 Å². The molecule has 1 amide bonds. The van der Waals surface area contributed by atoms with Gasteiger partial charge in [0.15, 0.2) is 0 Å². The number of hydrogen-bond acceptors (Lipinski definition) is 6. The zero-order valence-corrected chi connectivity index (χ0v) is 17.8. The third-order valence-corrected chi connectivity index (χ3v) is 7.40. The predicted molar refractivity (Wildman–Crippen MR) is 117 cm³/mol. The average molecular weight is 413 g/mol. The number of rotatable bonds is 5. The maximum atomic E-state index is 11.8. The molecule has 28 heavy (non-hydrogen) atoms. The van der Waals surface area contributed by atoms with E-state index < -0.39 is 0 Å². The zero-order valence-electron chi connectivity index (χ0n) is 16.1. The fourth-order valence-electron chi connectivity index (χ4n) is 3.63. The van der Waals surface area contributed by atoms with E-state index in [2.05, 4.69) is 30.9 Å². The van der Waals surface area contributed by atoms with Gasteiger partial charge in [0.05, 0.1) is 17.1 Å². The maximum absolute atomic E-state index is 11.8. The first-order valence-electron chi connectivity index (χ1n) is 9.51. The molecule has 2 N–H and O–H groups in total. The van der Waals surface area contributed by atoms with Crippen LogP contribution in [-0.4, -0.2) is 29.0 Å². The Kier molecular flexibility index (Phi) is 5.55. The van der Waals surface area contributed by atoms with Crippen molar-refractivity contribution in [2.45, 2.75) is 37.3 Å². The summed E-state index contributed by atoms with van der Waals surface area (Å²) in [5, 5.41) is 1.13. The van der Waals surface area contributed by atoms with E-state index >= 15 is 0 Å². The molecule has 0 bridgehead atoms. The van der Waals surface area contributed by atoms with Gasteiger partial charge in [0, 0.05) is 22.9 Å². The first kappa shape index (κ1) is 19.2. The van der Waals surface area contributed by atoms with Gasteiger partial charge in [-0.15, -0.1) is 23.1 Å². The Morgan fingerprint density at radius 3 is 2.82 bits per heavy atom. The molecule has 7 heteroatoms. The lowest BCUT2D eigenvalue weighted by atomic mass is 9.97. The number of nitrogens with zero attached hydrogens (tertiary/aromatic N) is 3. The number of hydrogen-bond donors (Lipinski definition) is 1. The first-order chi connectivity index (χ1) is 13.5. The van der Waals surface area contributed by atoms with Crippen molar-refractivity contribution in [2.24, 2.45) is 11.7 Å². The molecular weight excluding hydrogens is 388 g/mol. The Hall–Kier alpha value is -2.12. The zero-order chi connectivity index (χ0) is 19.7. The van der Waals surface area contributed by atoms with Crippen molar-refractivity contribution in [3.05, 3.63) is 46.6 Å². The number of thioether (sulfide) groups is 1. The van der Waals surface area contributed by atoms with Gasteiger partial charge in [-0.3, -0.25) is 4.79 Å². The highest BCUT2D eigenvalue weighted by atomic mass is 32.2. The van der Waals surface area contributed by atoms with Gasteiger partial charge in [0.2, 0.25) is 5.91 Å². The fraction of sp³-hybridized carbons (Fsp3) is 0.381. The van der Waals surface area contributed by atoms with Gasteiger partial charge in [0.1, 0.15) is 16.5 Å². The molecule has 1 fully saturated rings. The van der Waals surface area contributed by atoms with Crippen LogP contribution in [0.2, 0.25) is 0 Å². The Bertz CT molecular complexity index is 1000. The van der Waals surface area contributed by atoms with Crippen LogP contribution in [0.25, 0.3) is 10.2 Å². The summed E-state index contributed by atoms with van der Waals surface area (Å²) in [6.45, 7) is 5.80. The number of anilines is 1. The molecule has 1 aliphatic heterocycles. The van der Waals surface area contributed by atoms with E-state index in [1.165, 1.54) is 15.3 Å². The molecule has 1 aromatic carbocycles. The van der Waals surface area contributed by atoms with Gasteiger partial charge in [-0.05, 0) is 44.4 Å². The highest BCUT2D eigenvalue weighted by molar-refractivity contribution is 7.98. The van der Waals surface area contributed by atoms with Crippen LogP contribution in [0.1, 0.15) is 29.1 Å². The van der Waals surface area contributed by atoms with Crippen LogP contribution in [0, 0.1) is 19.8 Å². The van der Waals surface area contributed by atoms with Crippen LogP contribution in [-0.2, 0) is 10.5 Å². The summed E-state index contributed by atoms with van der Waals surface area (Å²) in [6, 6.07) is 10.3. The molecular formula is C21H24N4OS2. The molecule has 5 nitrogen and oxygen atoms in total. The number of nitrogens with two attached hydrogens (primary N) is 1. The molecule has 1 aliphatic rings. The maximum Gasteiger partial charge on any atom is 0.222 e. The molecule has 1 atom stereocenters. The number of carbonyl (C=O) groups excluding carboxylic acids is 1. The number of aromatic nitrogens is 2. The standard InChI is InChI=1S/C21H24N4OS2/c1-13-14(2)28-21-18(13)20(25-10-6-7-15(11-25)19(22)26)23-17(24-21)12-27-16-8-4-3-5-9-16/h3-5,8-9,15H,6-7,10-12H2,1-2H3,(H2,22,26)/t15-/m0/s1. The molecule has 3 heterocycles. The second-order valence-electron chi connectivity index (χ2n) is 7.22. The van der Waals surface area contributed by atoms with E-state index in [9.17, 15) is 4.79 Å². The number of amides is 1. The normalized spacial score (nSPS) is 17.2. The van der Waals surface area contributed by atoms with Crippen molar-refractivity contribution in [1.82, 2.24) is 9.97 Å². The molecule has 1 saturated heterocycles. The lowest BCUT2D eigenvalue weighted by Gasteiger charge is -2.32.